The molecule has 0 radical (unpaired) electrons. The van der Waals surface area contributed by atoms with Crippen LogP contribution in [0.25, 0.3) is 0 Å². The molecule has 0 aliphatic carbocycles. The third-order valence-corrected chi connectivity index (χ3v) is 5.62. The molecule has 0 spiro atoms. The topological polar surface area (TPSA) is 57.7 Å². The Morgan fingerprint density at radius 1 is 1.04 bits per heavy atom. The standard InChI is InChI=1S/C17H15BrN2O3/c1-19-16(22)13-11-6-7-12(21)15(14(13)17(19)23)20(11)8-9-2-4-10(18)5-3-9/h2-7,11,13-15H,8H2,1H3/t11-,13+,14+,15-/m1/s1. The van der Waals surface area contributed by atoms with Gasteiger partial charge in [0.1, 0.15) is 0 Å². The summed E-state index contributed by atoms with van der Waals surface area (Å²) in [5, 5.41) is 0. The van der Waals surface area contributed by atoms with Gasteiger partial charge in [-0.2, -0.15) is 0 Å². The minimum atomic E-state index is -0.546. The van der Waals surface area contributed by atoms with Gasteiger partial charge in [-0.3, -0.25) is 24.2 Å². The summed E-state index contributed by atoms with van der Waals surface area (Å²) in [6.07, 6.45) is 3.32. The molecule has 0 N–H and O–H groups in total. The minimum absolute atomic E-state index is 0.0812. The van der Waals surface area contributed by atoms with Gasteiger partial charge in [0.15, 0.2) is 5.78 Å². The number of nitrogens with zero attached hydrogens (tertiary/aromatic N) is 2. The van der Waals surface area contributed by atoms with Gasteiger partial charge < -0.3 is 0 Å². The number of benzene rings is 1. The lowest BCUT2D eigenvalue weighted by Crippen LogP contribution is -2.48. The van der Waals surface area contributed by atoms with Gasteiger partial charge in [-0.1, -0.05) is 34.1 Å². The zero-order valence-electron chi connectivity index (χ0n) is 12.5. The summed E-state index contributed by atoms with van der Waals surface area (Å²) in [4.78, 5) is 40.4. The van der Waals surface area contributed by atoms with Crippen LogP contribution in [0, 0.1) is 11.8 Å². The fourth-order valence-corrected chi connectivity index (χ4v) is 4.28. The first-order chi connectivity index (χ1) is 11.0. The summed E-state index contributed by atoms with van der Waals surface area (Å²) in [7, 11) is 1.51. The predicted molar refractivity (Wildman–Crippen MR) is 86.2 cm³/mol. The van der Waals surface area contributed by atoms with E-state index in [1.165, 1.54) is 18.0 Å². The average molecular weight is 375 g/mol. The van der Waals surface area contributed by atoms with Crippen molar-refractivity contribution in [2.75, 3.05) is 7.05 Å². The van der Waals surface area contributed by atoms with Crippen molar-refractivity contribution in [3.05, 3.63) is 46.5 Å². The molecule has 6 heteroatoms. The molecule has 118 valence electrons. The zero-order chi connectivity index (χ0) is 16.3. The minimum Gasteiger partial charge on any atom is -0.293 e. The second-order valence-corrected chi connectivity index (χ2v) is 7.20. The second-order valence-electron chi connectivity index (χ2n) is 6.28. The van der Waals surface area contributed by atoms with Crippen LogP contribution in [0.15, 0.2) is 40.9 Å². The van der Waals surface area contributed by atoms with Crippen LogP contribution < -0.4 is 0 Å². The van der Waals surface area contributed by atoms with Crippen molar-refractivity contribution in [2.24, 2.45) is 11.8 Å². The predicted octanol–water partition coefficient (Wildman–Crippen LogP) is 1.37. The Morgan fingerprint density at radius 3 is 2.39 bits per heavy atom. The summed E-state index contributed by atoms with van der Waals surface area (Å²) < 4.78 is 0.989. The highest BCUT2D eigenvalue weighted by atomic mass is 79.9. The number of ketones is 1. The summed E-state index contributed by atoms with van der Waals surface area (Å²) >= 11 is 3.40. The van der Waals surface area contributed by atoms with Gasteiger partial charge in [0, 0.05) is 24.1 Å². The number of carbonyl (C=O) groups excluding carboxylic acids is 3. The molecule has 2 saturated heterocycles. The molecular weight excluding hydrogens is 360 g/mol. The van der Waals surface area contributed by atoms with Crippen LogP contribution in [0.1, 0.15) is 5.56 Å². The van der Waals surface area contributed by atoms with Gasteiger partial charge >= 0.3 is 0 Å². The highest BCUT2D eigenvalue weighted by molar-refractivity contribution is 9.10. The van der Waals surface area contributed by atoms with Gasteiger partial charge in [-0.15, -0.1) is 0 Å². The van der Waals surface area contributed by atoms with Crippen molar-refractivity contribution in [3.63, 3.8) is 0 Å². The Bertz CT molecular complexity index is 743. The smallest absolute Gasteiger partial charge is 0.234 e. The van der Waals surface area contributed by atoms with E-state index in [4.69, 9.17) is 0 Å². The summed E-state index contributed by atoms with van der Waals surface area (Å²) in [5.41, 5.74) is 1.06. The lowest BCUT2D eigenvalue weighted by atomic mass is 9.90. The maximum atomic E-state index is 12.4. The van der Waals surface area contributed by atoms with Crippen molar-refractivity contribution < 1.29 is 14.4 Å². The van der Waals surface area contributed by atoms with Gasteiger partial charge in [0.05, 0.1) is 17.9 Å². The van der Waals surface area contributed by atoms with E-state index in [9.17, 15) is 14.4 Å². The number of hydrogen-bond donors (Lipinski definition) is 0. The number of likely N-dealkylation sites (tertiary alicyclic amines) is 1. The van der Waals surface area contributed by atoms with Gasteiger partial charge in [0.25, 0.3) is 0 Å². The zero-order valence-corrected chi connectivity index (χ0v) is 14.1. The van der Waals surface area contributed by atoms with Gasteiger partial charge in [-0.25, -0.2) is 0 Å². The molecule has 23 heavy (non-hydrogen) atoms. The second kappa shape index (κ2) is 5.11. The molecule has 3 heterocycles. The van der Waals surface area contributed by atoms with Crippen LogP contribution in [0.2, 0.25) is 0 Å². The van der Waals surface area contributed by atoms with Crippen LogP contribution in [0.5, 0.6) is 0 Å². The Labute approximate surface area is 142 Å². The SMILES string of the molecule is CN1C(=O)[C@@H]2[C@H](C1=O)[C@H]1C(=O)C=C[C@H]2N1Cc1ccc(Br)cc1. The van der Waals surface area contributed by atoms with E-state index in [1.54, 1.807) is 6.08 Å². The van der Waals surface area contributed by atoms with Crippen LogP contribution >= 0.6 is 15.9 Å². The number of carbonyl (C=O) groups is 3. The van der Waals surface area contributed by atoms with Crippen molar-refractivity contribution >= 4 is 33.5 Å². The largest absolute Gasteiger partial charge is 0.293 e. The van der Waals surface area contributed by atoms with E-state index in [0.29, 0.717) is 6.54 Å². The van der Waals surface area contributed by atoms with E-state index in [-0.39, 0.29) is 23.6 Å². The molecule has 3 aliphatic heterocycles. The van der Waals surface area contributed by atoms with Crippen LogP contribution in [0.4, 0.5) is 0 Å². The molecule has 1 aromatic rings. The first-order valence-corrected chi connectivity index (χ1v) is 8.32. The molecule has 2 amide bonds. The third kappa shape index (κ3) is 2.05. The molecule has 0 aromatic heterocycles. The van der Waals surface area contributed by atoms with Gasteiger partial charge in [0.2, 0.25) is 11.8 Å². The first-order valence-electron chi connectivity index (χ1n) is 7.52. The van der Waals surface area contributed by atoms with Crippen LogP contribution in [0.3, 0.4) is 0 Å². The van der Waals surface area contributed by atoms with Crippen LogP contribution in [-0.4, -0.2) is 46.5 Å². The fourth-order valence-electron chi connectivity index (χ4n) is 4.02. The number of imide groups is 1. The number of hydrogen-bond acceptors (Lipinski definition) is 4. The van der Waals surface area contributed by atoms with Crippen molar-refractivity contribution in [1.29, 1.82) is 0 Å². The molecule has 5 nitrogen and oxygen atoms in total. The Kier molecular flexibility index (Phi) is 3.28. The van der Waals surface area contributed by atoms with E-state index < -0.39 is 17.9 Å². The fraction of sp³-hybridized carbons (Fsp3) is 0.353. The number of halogens is 1. The molecule has 2 bridgehead atoms. The molecule has 0 saturated carbocycles. The lowest BCUT2D eigenvalue weighted by molar-refractivity contribution is -0.141. The maximum absolute atomic E-state index is 12.4. The van der Waals surface area contributed by atoms with E-state index in [2.05, 4.69) is 15.9 Å². The first kappa shape index (κ1) is 14.8. The molecular formula is C17H15BrN2O3. The number of amides is 2. The molecule has 4 rings (SSSR count). The molecule has 0 unspecified atom stereocenters. The molecule has 3 aliphatic rings. The summed E-state index contributed by atoms with van der Waals surface area (Å²) in [6, 6.07) is 7.15. The average Bonchev–Trinajstić information content (AvgIpc) is 2.89. The molecule has 4 atom stereocenters. The maximum Gasteiger partial charge on any atom is 0.234 e. The summed E-state index contributed by atoms with van der Waals surface area (Å²) in [6.45, 7) is 0.552. The highest BCUT2D eigenvalue weighted by Gasteiger charge is 2.63. The Balaban J connectivity index is 1.71. The van der Waals surface area contributed by atoms with Crippen LogP contribution in [-0.2, 0) is 20.9 Å². The van der Waals surface area contributed by atoms with E-state index in [1.807, 2.05) is 29.2 Å². The Hall–Kier alpha value is -1.79. The quantitative estimate of drug-likeness (QED) is 0.733. The highest BCUT2D eigenvalue weighted by Crippen LogP contribution is 2.45. The van der Waals surface area contributed by atoms with Crippen molar-refractivity contribution in [1.82, 2.24) is 9.80 Å². The number of rotatable bonds is 2. The normalized spacial score (nSPS) is 32.8. The monoisotopic (exact) mass is 374 g/mol. The number of fused-ring (bicyclic) bond motifs is 5. The molecule has 2 fully saturated rings. The Morgan fingerprint density at radius 2 is 1.70 bits per heavy atom. The van der Waals surface area contributed by atoms with Crippen molar-refractivity contribution in [3.8, 4) is 0 Å². The lowest BCUT2D eigenvalue weighted by Gasteiger charge is -2.32. The summed E-state index contributed by atoms with van der Waals surface area (Å²) in [5.74, 6) is -1.47. The third-order valence-electron chi connectivity index (χ3n) is 5.09. The molecule has 1 aromatic carbocycles. The van der Waals surface area contributed by atoms with Gasteiger partial charge in [-0.05, 0) is 23.8 Å². The van der Waals surface area contributed by atoms with Crippen molar-refractivity contribution in [2.45, 2.75) is 18.6 Å². The van der Waals surface area contributed by atoms with E-state index in [0.717, 1.165) is 10.0 Å². The van der Waals surface area contributed by atoms with E-state index >= 15 is 0 Å².